The quantitative estimate of drug-likeness (QED) is 0.470. The number of nitrogens with zero attached hydrogens (tertiary/aromatic N) is 2. The highest BCUT2D eigenvalue weighted by molar-refractivity contribution is 6.34. The van der Waals surface area contributed by atoms with Crippen LogP contribution in [0.15, 0.2) is 59.6 Å². The number of rotatable bonds is 4. The number of halogens is 4. The van der Waals surface area contributed by atoms with Crippen LogP contribution in [0, 0.1) is 6.92 Å². The molecule has 2 aromatic carbocycles. The number of alkyl halides is 3. The Morgan fingerprint density at radius 1 is 1.10 bits per heavy atom. The van der Waals surface area contributed by atoms with Crippen LogP contribution in [0.2, 0.25) is 5.02 Å². The highest BCUT2D eigenvalue weighted by atomic mass is 35.5. The first-order chi connectivity index (χ1) is 14.6. The van der Waals surface area contributed by atoms with Crippen LogP contribution >= 0.6 is 11.6 Å². The van der Waals surface area contributed by atoms with Gasteiger partial charge in [0.1, 0.15) is 17.1 Å². The standard InChI is InChI=1S/C22H17ClF3N3O2/c1-12-15(8-10-20(28-12)22(24,25)26)21(31)29-14-7-9-17(23)16(11-14)13(2)27-18-5-3-4-6-19(18)30/h3-11,30H,1-2H3,(H,29,31). The van der Waals surface area contributed by atoms with Crippen LogP contribution in [0.25, 0.3) is 0 Å². The molecule has 1 amide bonds. The summed E-state index contributed by atoms with van der Waals surface area (Å²) in [5, 5.41) is 12.9. The van der Waals surface area contributed by atoms with Crippen molar-refractivity contribution < 1.29 is 23.1 Å². The SMILES string of the molecule is CC(=Nc1ccccc1O)c1cc(NC(=O)c2ccc(C(F)(F)F)nc2C)ccc1Cl. The molecule has 160 valence electrons. The maximum atomic E-state index is 12.8. The fraction of sp³-hybridized carbons (Fsp3) is 0.136. The minimum Gasteiger partial charge on any atom is -0.506 e. The second-order valence-electron chi connectivity index (χ2n) is 6.66. The maximum Gasteiger partial charge on any atom is 0.433 e. The van der Waals surface area contributed by atoms with E-state index in [1.807, 2.05) is 0 Å². The van der Waals surface area contributed by atoms with E-state index in [4.69, 9.17) is 11.6 Å². The summed E-state index contributed by atoms with van der Waals surface area (Å²) in [5.74, 6) is -0.602. The minimum absolute atomic E-state index is 0.00714. The Balaban J connectivity index is 1.87. The second kappa shape index (κ2) is 8.77. The number of pyridine rings is 1. The number of benzene rings is 2. The first kappa shape index (κ1) is 22.3. The van der Waals surface area contributed by atoms with Gasteiger partial charge in [-0.3, -0.25) is 4.79 Å². The Kier molecular flexibility index (Phi) is 6.31. The van der Waals surface area contributed by atoms with Crippen molar-refractivity contribution in [1.29, 1.82) is 0 Å². The van der Waals surface area contributed by atoms with Crippen molar-refractivity contribution in [1.82, 2.24) is 4.98 Å². The summed E-state index contributed by atoms with van der Waals surface area (Å²) in [4.78, 5) is 20.4. The first-order valence-electron chi connectivity index (χ1n) is 9.05. The summed E-state index contributed by atoms with van der Waals surface area (Å²) in [6, 6.07) is 13.1. The van der Waals surface area contributed by atoms with Gasteiger partial charge in [0, 0.05) is 22.0 Å². The number of aromatic hydroxyl groups is 1. The smallest absolute Gasteiger partial charge is 0.433 e. The molecule has 1 aromatic heterocycles. The molecule has 0 saturated carbocycles. The van der Waals surface area contributed by atoms with Gasteiger partial charge >= 0.3 is 6.18 Å². The molecule has 5 nitrogen and oxygen atoms in total. The molecule has 2 N–H and O–H groups in total. The molecule has 0 saturated heterocycles. The number of anilines is 1. The normalized spacial score (nSPS) is 12.0. The Labute approximate surface area is 181 Å². The summed E-state index contributed by atoms with van der Waals surface area (Å²) < 4.78 is 38.4. The van der Waals surface area contributed by atoms with Crippen molar-refractivity contribution >= 4 is 34.6 Å². The average Bonchev–Trinajstić information content (AvgIpc) is 2.70. The van der Waals surface area contributed by atoms with Crippen molar-refractivity contribution in [2.75, 3.05) is 5.32 Å². The van der Waals surface area contributed by atoms with Crippen LogP contribution in [-0.4, -0.2) is 21.7 Å². The molecule has 0 aliphatic rings. The summed E-state index contributed by atoms with van der Waals surface area (Å²) >= 11 is 6.26. The third-order valence-electron chi connectivity index (χ3n) is 4.40. The van der Waals surface area contributed by atoms with Crippen LogP contribution in [0.5, 0.6) is 5.75 Å². The molecule has 0 fully saturated rings. The predicted octanol–water partition coefficient (Wildman–Crippen LogP) is 6.16. The van der Waals surface area contributed by atoms with E-state index >= 15 is 0 Å². The lowest BCUT2D eigenvalue weighted by atomic mass is 10.1. The highest BCUT2D eigenvalue weighted by Gasteiger charge is 2.33. The molecule has 9 heteroatoms. The van der Waals surface area contributed by atoms with Crippen LogP contribution in [0.3, 0.4) is 0 Å². The van der Waals surface area contributed by atoms with E-state index in [-0.39, 0.29) is 17.0 Å². The Morgan fingerprint density at radius 2 is 1.81 bits per heavy atom. The molecule has 3 rings (SSSR count). The van der Waals surface area contributed by atoms with Crippen LogP contribution < -0.4 is 5.32 Å². The number of nitrogens with one attached hydrogen (secondary N) is 1. The van der Waals surface area contributed by atoms with Crippen LogP contribution in [0.1, 0.15) is 34.2 Å². The van der Waals surface area contributed by atoms with Crippen LogP contribution in [0.4, 0.5) is 24.5 Å². The maximum absolute atomic E-state index is 12.8. The van der Waals surface area contributed by atoms with Gasteiger partial charge in [-0.05, 0) is 56.3 Å². The van der Waals surface area contributed by atoms with Gasteiger partial charge < -0.3 is 10.4 Å². The van der Waals surface area contributed by atoms with Crippen molar-refractivity contribution in [2.45, 2.75) is 20.0 Å². The molecule has 0 aliphatic heterocycles. The van der Waals surface area contributed by atoms with Crippen molar-refractivity contribution in [3.63, 3.8) is 0 Å². The second-order valence-corrected chi connectivity index (χ2v) is 7.07. The molecule has 0 atom stereocenters. The van der Waals surface area contributed by atoms with Gasteiger partial charge in [0.2, 0.25) is 0 Å². The Morgan fingerprint density at radius 3 is 2.45 bits per heavy atom. The highest BCUT2D eigenvalue weighted by Crippen LogP contribution is 2.30. The number of hydrogen-bond acceptors (Lipinski definition) is 4. The lowest BCUT2D eigenvalue weighted by molar-refractivity contribution is -0.141. The summed E-state index contributed by atoms with van der Waals surface area (Å²) in [7, 11) is 0. The van der Waals surface area contributed by atoms with Crippen molar-refractivity contribution in [3.8, 4) is 5.75 Å². The van der Waals surface area contributed by atoms with E-state index in [0.29, 0.717) is 27.7 Å². The number of hydrogen-bond donors (Lipinski definition) is 2. The first-order valence-corrected chi connectivity index (χ1v) is 9.43. The zero-order valence-electron chi connectivity index (χ0n) is 16.5. The minimum atomic E-state index is -4.59. The number of carbonyl (C=O) groups excluding carboxylic acids is 1. The van der Waals surface area contributed by atoms with Gasteiger partial charge in [0.25, 0.3) is 5.91 Å². The van der Waals surface area contributed by atoms with Crippen molar-refractivity contribution in [2.24, 2.45) is 4.99 Å². The number of phenolic OH excluding ortho intramolecular Hbond substituents is 1. The third-order valence-corrected chi connectivity index (χ3v) is 4.73. The predicted molar refractivity (Wildman–Crippen MR) is 113 cm³/mol. The van der Waals surface area contributed by atoms with Gasteiger partial charge in [-0.1, -0.05) is 23.7 Å². The molecule has 0 bridgehead atoms. The van der Waals surface area contributed by atoms with E-state index < -0.39 is 17.8 Å². The molecule has 0 aliphatic carbocycles. The zero-order valence-corrected chi connectivity index (χ0v) is 17.2. The van der Waals surface area contributed by atoms with Gasteiger partial charge in [0.05, 0.1) is 11.3 Å². The third kappa shape index (κ3) is 5.21. The lowest BCUT2D eigenvalue weighted by Crippen LogP contribution is -2.17. The van der Waals surface area contributed by atoms with Gasteiger partial charge in [-0.2, -0.15) is 13.2 Å². The number of aliphatic imine (C=N–C) groups is 1. The fourth-order valence-electron chi connectivity index (χ4n) is 2.84. The summed E-state index contributed by atoms with van der Waals surface area (Å²) in [6.07, 6.45) is -4.59. The number of amides is 1. The number of carbonyl (C=O) groups is 1. The van der Waals surface area contributed by atoms with E-state index in [0.717, 1.165) is 12.1 Å². The number of aromatic nitrogens is 1. The summed E-state index contributed by atoms with van der Waals surface area (Å²) in [5.41, 5.74) is 0.654. The topological polar surface area (TPSA) is 74.6 Å². The van der Waals surface area contributed by atoms with E-state index in [9.17, 15) is 23.1 Å². The van der Waals surface area contributed by atoms with Crippen LogP contribution in [-0.2, 0) is 6.18 Å². The molecule has 0 unspecified atom stereocenters. The molecule has 31 heavy (non-hydrogen) atoms. The molecule has 0 spiro atoms. The summed E-state index contributed by atoms with van der Waals surface area (Å²) in [6.45, 7) is 3.03. The lowest BCUT2D eigenvalue weighted by Gasteiger charge is -2.12. The van der Waals surface area contributed by atoms with E-state index in [1.165, 1.54) is 13.0 Å². The average molecular weight is 448 g/mol. The molecular weight excluding hydrogens is 431 g/mol. The number of phenols is 1. The number of aryl methyl sites for hydroxylation is 1. The molecule has 1 heterocycles. The zero-order chi connectivity index (χ0) is 22.8. The molecule has 0 radical (unpaired) electrons. The van der Waals surface area contributed by atoms with E-state index in [2.05, 4.69) is 15.3 Å². The van der Waals surface area contributed by atoms with Crippen molar-refractivity contribution in [3.05, 3.63) is 82.1 Å². The molecular formula is C22H17ClF3N3O2. The number of para-hydroxylation sites is 2. The van der Waals surface area contributed by atoms with Gasteiger partial charge in [-0.25, -0.2) is 9.98 Å². The van der Waals surface area contributed by atoms with Gasteiger partial charge in [-0.15, -0.1) is 0 Å². The monoisotopic (exact) mass is 447 g/mol. The Hall–Kier alpha value is -3.39. The van der Waals surface area contributed by atoms with Gasteiger partial charge in [0.15, 0.2) is 0 Å². The van der Waals surface area contributed by atoms with E-state index in [1.54, 1.807) is 43.3 Å². The fourth-order valence-corrected chi connectivity index (χ4v) is 3.09. The largest absolute Gasteiger partial charge is 0.506 e. The Bertz CT molecular complexity index is 1180. The molecule has 3 aromatic rings.